The molecule has 0 aliphatic heterocycles. The predicted molar refractivity (Wildman–Crippen MR) is 72.2 cm³/mol. The average molecular weight is 231 g/mol. The maximum Gasteiger partial charge on any atom is 0.275 e. The second-order valence-corrected chi connectivity index (χ2v) is 3.50. The number of benzene rings is 1. The summed E-state index contributed by atoms with van der Waals surface area (Å²) in [5.74, 6) is -0.244. The summed E-state index contributed by atoms with van der Waals surface area (Å²) in [5, 5.41) is 2.79. The van der Waals surface area contributed by atoms with Crippen molar-refractivity contribution in [3.8, 4) is 0 Å². The summed E-state index contributed by atoms with van der Waals surface area (Å²) in [4.78, 5) is 19.5. The van der Waals surface area contributed by atoms with E-state index in [1.807, 2.05) is 24.3 Å². The predicted octanol–water partition coefficient (Wildman–Crippen LogP) is 1.96. The van der Waals surface area contributed by atoms with Gasteiger partial charge in [-0.3, -0.25) is 14.8 Å². The molecule has 0 aromatic heterocycles. The molecule has 90 valence electrons. The lowest BCUT2D eigenvalue weighted by Crippen LogP contribution is -2.24. The first-order valence-electron chi connectivity index (χ1n) is 5.50. The Hall–Kier alpha value is -1.97. The Morgan fingerprint density at radius 3 is 2.76 bits per heavy atom. The molecule has 1 aromatic carbocycles. The minimum Gasteiger partial charge on any atom is -0.321 e. The summed E-state index contributed by atoms with van der Waals surface area (Å²) >= 11 is 0. The molecule has 0 saturated heterocycles. The second-order valence-electron chi connectivity index (χ2n) is 3.50. The van der Waals surface area contributed by atoms with Crippen LogP contribution in [-0.4, -0.2) is 31.9 Å². The van der Waals surface area contributed by atoms with E-state index in [0.29, 0.717) is 5.71 Å². The SMILES string of the molecule is CCc1cccc(NC(=O)C(C=NC)=NC)c1. The van der Waals surface area contributed by atoms with Crippen molar-refractivity contribution >= 4 is 23.5 Å². The van der Waals surface area contributed by atoms with Crippen molar-refractivity contribution in [2.24, 2.45) is 9.98 Å². The third-order valence-electron chi connectivity index (χ3n) is 2.32. The van der Waals surface area contributed by atoms with Crippen LogP contribution >= 0.6 is 0 Å². The van der Waals surface area contributed by atoms with Crippen molar-refractivity contribution in [2.45, 2.75) is 13.3 Å². The maximum atomic E-state index is 11.8. The fraction of sp³-hybridized carbons (Fsp3) is 0.308. The lowest BCUT2D eigenvalue weighted by Gasteiger charge is -2.06. The lowest BCUT2D eigenvalue weighted by molar-refractivity contribution is -0.110. The van der Waals surface area contributed by atoms with Gasteiger partial charge < -0.3 is 5.32 Å². The van der Waals surface area contributed by atoms with Gasteiger partial charge in [0.15, 0.2) is 0 Å². The molecule has 0 unspecified atom stereocenters. The molecule has 0 aliphatic rings. The molecule has 0 fully saturated rings. The fourth-order valence-electron chi connectivity index (χ4n) is 1.40. The Labute approximate surface area is 101 Å². The number of rotatable bonds is 4. The van der Waals surface area contributed by atoms with Gasteiger partial charge in [-0.05, 0) is 24.1 Å². The molecule has 0 bridgehead atoms. The highest BCUT2D eigenvalue weighted by Gasteiger charge is 2.08. The van der Waals surface area contributed by atoms with Gasteiger partial charge in [0.25, 0.3) is 5.91 Å². The Bertz CT molecular complexity index is 450. The Morgan fingerprint density at radius 2 is 2.18 bits per heavy atom. The number of carbonyl (C=O) groups is 1. The Morgan fingerprint density at radius 1 is 1.41 bits per heavy atom. The highest BCUT2D eigenvalue weighted by atomic mass is 16.1. The van der Waals surface area contributed by atoms with Crippen LogP contribution in [-0.2, 0) is 11.2 Å². The third kappa shape index (κ3) is 3.83. The number of amides is 1. The Balaban J connectivity index is 2.80. The molecule has 0 atom stereocenters. The summed E-state index contributed by atoms with van der Waals surface area (Å²) in [6.07, 6.45) is 2.38. The van der Waals surface area contributed by atoms with Crippen molar-refractivity contribution in [1.29, 1.82) is 0 Å². The van der Waals surface area contributed by atoms with E-state index >= 15 is 0 Å². The van der Waals surface area contributed by atoms with Crippen molar-refractivity contribution in [3.05, 3.63) is 29.8 Å². The maximum absolute atomic E-state index is 11.8. The van der Waals surface area contributed by atoms with Gasteiger partial charge in [0.1, 0.15) is 5.71 Å². The molecule has 0 radical (unpaired) electrons. The van der Waals surface area contributed by atoms with E-state index in [1.54, 1.807) is 14.1 Å². The lowest BCUT2D eigenvalue weighted by atomic mass is 10.1. The molecule has 0 aliphatic carbocycles. The molecule has 1 aromatic rings. The largest absolute Gasteiger partial charge is 0.321 e. The summed E-state index contributed by atoms with van der Waals surface area (Å²) < 4.78 is 0. The Kier molecular flexibility index (Phi) is 5.07. The van der Waals surface area contributed by atoms with Crippen LogP contribution < -0.4 is 5.32 Å². The van der Waals surface area contributed by atoms with Crippen LogP contribution in [0.5, 0.6) is 0 Å². The van der Waals surface area contributed by atoms with Crippen LogP contribution in [0, 0.1) is 0 Å². The molecule has 0 spiro atoms. The van der Waals surface area contributed by atoms with Crippen molar-refractivity contribution in [2.75, 3.05) is 19.4 Å². The molecular weight excluding hydrogens is 214 g/mol. The minimum absolute atomic E-state index is 0.244. The van der Waals surface area contributed by atoms with Gasteiger partial charge in [-0.15, -0.1) is 0 Å². The number of carbonyl (C=O) groups excluding carboxylic acids is 1. The summed E-state index contributed by atoms with van der Waals surface area (Å²) in [7, 11) is 3.18. The number of nitrogens with one attached hydrogen (secondary N) is 1. The van der Waals surface area contributed by atoms with Crippen LogP contribution in [0.15, 0.2) is 34.3 Å². The van der Waals surface area contributed by atoms with Crippen LogP contribution in [0.2, 0.25) is 0 Å². The molecule has 1 rings (SSSR count). The first-order valence-corrected chi connectivity index (χ1v) is 5.50. The van der Waals surface area contributed by atoms with Gasteiger partial charge in [-0.2, -0.15) is 0 Å². The van der Waals surface area contributed by atoms with Crippen LogP contribution in [0.25, 0.3) is 0 Å². The molecule has 4 heteroatoms. The van der Waals surface area contributed by atoms with Gasteiger partial charge in [-0.1, -0.05) is 19.1 Å². The van der Waals surface area contributed by atoms with Gasteiger partial charge in [-0.25, -0.2) is 0 Å². The summed E-state index contributed by atoms with van der Waals surface area (Å²) in [6.45, 7) is 2.07. The quantitative estimate of drug-likeness (QED) is 0.791. The number of aryl methyl sites for hydroxylation is 1. The van der Waals surface area contributed by atoms with E-state index in [0.717, 1.165) is 12.1 Å². The normalized spacial score (nSPS) is 11.8. The second kappa shape index (κ2) is 6.58. The first-order chi connectivity index (χ1) is 8.21. The van der Waals surface area contributed by atoms with Gasteiger partial charge in [0, 0.05) is 19.8 Å². The van der Waals surface area contributed by atoms with Crippen molar-refractivity contribution in [1.82, 2.24) is 0 Å². The van der Waals surface area contributed by atoms with E-state index in [4.69, 9.17) is 0 Å². The van der Waals surface area contributed by atoms with Crippen molar-refractivity contribution < 1.29 is 4.79 Å². The highest BCUT2D eigenvalue weighted by Crippen LogP contribution is 2.10. The van der Waals surface area contributed by atoms with Crippen molar-refractivity contribution in [3.63, 3.8) is 0 Å². The topological polar surface area (TPSA) is 53.8 Å². The van der Waals surface area contributed by atoms with E-state index in [-0.39, 0.29) is 5.91 Å². The molecule has 1 amide bonds. The van der Waals surface area contributed by atoms with Crippen LogP contribution in [0.1, 0.15) is 12.5 Å². The van der Waals surface area contributed by atoms with E-state index in [1.165, 1.54) is 11.8 Å². The average Bonchev–Trinajstić information content (AvgIpc) is 2.36. The standard InChI is InChI=1S/C13H17N3O/c1-4-10-6-5-7-11(8-10)16-13(17)12(15-3)9-14-2/h5-9H,4H2,1-3H3,(H,16,17). The molecule has 0 saturated carbocycles. The molecular formula is C13H17N3O. The zero-order valence-corrected chi connectivity index (χ0v) is 10.4. The first kappa shape index (κ1) is 13.1. The van der Waals surface area contributed by atoms with Gasteiger partial charge in [0.05, 0.1) is 6.21 Å². The fourth-order valence-corrected chi connectivity index (χ4v) is 1.40. The molecule has 17 heavy (non-hydrogen) atoms. The number of hydrogen-bond donors (Lipinski definition) is 1. The van der Waals surface area contributed by atoms with Gasteiger partial charge >= 0.3 is 0 Å². The van der Waals surface area contributed by atoms with E-state index in [9.17, 15) is 4.79 Å². The summed E-state index contributed by atoms with van der Waals surface area (Å²) in [6, 6.07) is 7.75. The van der Waals surface area contributed by atoms with Crippen LogP contribution in [0.3, 0.4) is 0 Å². The molecule has 4 nitrogen and oxygen atoms in total. The number of aliphatic imine (C=N–C) groups is 2. The van der Waals surface area contributed by atoms with Crippen LogP contribution in [0.4, 0.5) is 5.69 Å². The highest BCUT2D eigenvalue weighted by molar-refractivity contribution is 6.63. The molecule has 1 N–H and O–H groups in total. The zero-order valence-electron chi connectivity index (χ0n) is 10.4. The zero-order chi connectivity index (χ0) is 12.7. The number of nitrogens with zero attached hydrogens (tertiary/aromatic N) is 2. The monoisotopic (exact) mass is 231 g/mol. The third-order valence-corrected chi connectivity index (χ3v) is 2.32. The number of hydrogen-bond acceptors (Lipinski definition) is 3. The smallest absolute Gasteiger partial charge is 0.275 e. The minimum atomic E-state index is -0.244. The molecule has 0 heterocycles. The number of anilines is 1. The van der Waals surface area contributed by atoms with Gasteiger partial charge in [0.2, 0.25) is 0 Å². The summed E-state index contributed by atoms with van der Waals surface area (Å²) in [5.41, 5.74) is 2.27. The van der Waals surface area contributed by atoms with E-state index < -0.39 is 0 Å². The van der Waals surface area contributed by atoms with E-state index in [2.05, 4.69) is 22.2 Å².